The first-order chi connectivity index (χ1) is 9.35. The molecule has 0 N–H and O–H groups in total. The molecule has 0 rings (SSSR count). The van der Waals surface area contributed by atoms with Gasteiger partial charge in [-0.05, 0) is 41.5 Å². The molecular formula is C15H24O6. The third-order valence-electron chi connectivity index (χ3n) is 1.94. The van der Waals surface area contributed by atoms with Crippen LogP contribution in [0, 0.1) is 5.92 Å². The third-order valence-corrected chi connectivity index (χ3v) is 1.94. The van der Waals surface area contributed by atoms with E-state index in [9.17, 15) is 14.4 Å². The molecule has 0 saturated carbocycles. The smallest absolute Gasteiger partial charge is 0.330 e. The Hall–Kier alpha value is -1.85. The number of carbonyl (C=O) groups is 3. The summed E-state index contributed by atoms with van der Waals surface area (Å²) in [6.07, 6.45) is 0.946. The van der Waals surface area contributed by atoms with E-state index in [0.29, 0.717) is 0 Å². The molecule has 0 fully saturated rings. The summed E-state index contributed by atoms with van der Waals surface area (Å²) in [6, 6.07) is 0. The molecule has 0 radical (unpaired) electrons. The van der Waals surface area contributed by atoms with Crippen LogP contribution in [-0.2, 0) is 28.6 Å². The first kappa shape index (κ1) is 19.1. The number of ether oxygens (including phenoxy) is 3. The van der Waals surface area contributed by atoms with E-state index in [4.69, 9.17) is 14.2 Å². The Balaban J connectivity index is 4.99. The van der Waals surface area contributed by atoms with Gasteiger partial charge in [-0.1, -0.05) is 6.58 Å². The summed E-state index contributed by atoms with van der Waals surface area (Å²) < 4.78 is 15.1. The van der Waals surface area contributed by atoms with Gasteiger partial charge in [-0.2, -0.15) is 0 Å². The van der Waals surface area contributed by atoms with Crippen molar-refractivity contribution in [2.75, 3.05) is 6.61 Å². The van der Waals surface area contributed by atoms with Crippen LogP contribution < -0.4 is 0 Å². The number of esters is 3. The van der Waals surface area contributed by atoms with Gasteiger partial charge in [0.15, 0.2) is 5.92 Å². The van der Waals surface area contributed by atoms with Crippen molar-refractivity contribution in [2.45, 2.75) is 52.7 Å². The third kappa shape index (κ3) is 8.83. The van der Waals surface area contributed by atoms with Gasteiger partial charge in [0.1, 0.15) is 17.8 Å². The Bertz CT molecular complexity index is 383. The Morgan fingerprint density at radius 3 is 1.62 bits per heavy atom. The van der Waals surface area contributed by atoms with Crippen LogP contribution in [0.4, 0.5) is 0 Å². The predicted molar refractivity (Wildman–Crippen MR) is 76.3 cm³/mol. The van der Waals surface area contributed by atoms with Gasteiger partial charge in [-0.15, -0.1) is 0 Å². The van der Waals surface area contributed by atoms with E-state index in [-0.39, 0.29) is 0 Å². The minimum Gasteiger partial charge on any atom is -0.461 e. The maximum absolute atomic E-state index is 12.0. The second-order valence-electron chi connectivity index (χ2n) is 6.45. The summed E-state index contributed by atoms with van der Waals surface area (Å²) in [4.78, 5) is 35.2. The van der Waals surface area contributed by atoms with Crippen molar-refractivity contribution >= 4 is 17.9 Å². The molecule has 0 atom stereocenters. The molecule has 0 aliphatic carbocycles. The summed E-state index contributed by atoms with van der Waals surface area (Å²) in [7, 11) is 0. The largest absolute Gasteiger partial charge is 0.461 e. The highest BCUT2D eigenvalue weighted by Gasteiger charge is 2.35. The fourth-order valence-electron chi connectivity index (χ4n) is 1.20. The molecule has 0 bridgehead atoms. The molecule has 0 saturated heterocycles. The van der Waals surface area contributed by atoms with Gasteiger partial charge in [-0.25, -0.2) is 4.79 Å². The fourth-order valence-corrected chi connectivity index (χ4v) is 1.20. The average Bonchev–Trinajstić information content (AvgIpc) is 2.23. The van der Waals surface area contributed by atoms with Gasteiger partial charge in [0, 0.05) is 6.08 Å². The van der Waals surface area contributed by atoms with Crippen LogP contribution >= 0.6 is 0 Å². The van der Waals surface area contributed by atoms with E-state index >= 15 is 0 Å². The molecule has 0 unspecified atom stereocenters. The molecular weight excluding hydrogens is 276 g/mol. The van der Waals surface area contributed by atoms with Crippen molar-refractivity contribution in [3.63, 3.8) is 0 Å². The highest BCUT2D eigenvalue weighted by Crippen LogP contribution is 2.16. The molecule has 120 valence electrons. The maximum Gasteiger partial charge on any atom is 0.330 e. The molecule has 6 heteroatoms. The van der Waals surface area contributed by atoms with E-state index in [2.05, 4.69) is 6.58 Å². The lowest BCUT2D eigenvalue weighted by Crippen LogP contribution is -2.39. The van der Waals surface area contributed by atoms with E-state index in [1.165, 1.54) is 0 Å². The molecule has 0 spiro atoms. The quantitative estimate of drug-likeness (QED) is 0.334. The normalized spacial score (nSPS) is 11.8. The Morgan fingerprint density at radius 2 is 1.33 bits per heavy atom. The zero-order valence-corrected chi connectivity index (χ0v) is 13.5. The van der Waals surface area contributed by atoms with Crippen molar-refractivity contribution in [1.29, 1.82) is 0 Å². The summed E-state index contributed by atoms with van der Waals surface area (Å²) in [6.45, 7) is 12.8. The lowest BCUT2D eigenvalue weighted by molar-refractivity contribution is -0.177. The Kier molecular flexibility index (Phi) is 6.60. The SMILES string of the molecule is C=CC(=O)OCC(C(=O)OC(C)(C)C)C(=O)OC(C)(C)C. The number of hydrogen-bond donors (Lipinski definition) is 0. The molecule has 6 nitrogen and oxygen atoms in total. The number of carbonyl (C=O) groups excluding carboxylic acids is 3. The van der Waals surface area contributed by atoms with Crippen LogP contribution in [0.3, 0.4) is 0 Å². The zero-order chi connectivity index (χ0) is 16.8. The minimum absolute atomic E-state index is 0.450. The van der Waals surface area contributed by atoms with Crippen molar-refractivity contribution in [1.82, 2.24) is 0 Å². The van der Waals surface area contributed by atoms with Crippen LogP contribution in [0.25, 0.3) is 0 Å². The monoisotopic (exact) mass is 300 g/mol. The molecule has 0 aliphatic heterocycles. The standard InChI is InChI=1S/C15H24O6/c1-8-11(16)19-9-10(12(17)20-14(2,3)4)13(18)21-15(5,6)7/h8,10H,1,9H2,2-7H3. The average molecular weight is 300 g/mol. The first-order valence-corrected chi connectivity index (χ1v) is 6.60. The number of rotatable bonds is 5. The summed E-state index contributed by atoms with van der Waals surface area (Å²) in [5.41, 5.74) is -1.53. The molecule has 0 aromatic rings. The highest BCUT2D eigenvalue weighted by molar-refractivity contribution is 5.95. The fraction of sp³-hybridized carbons (Fsp3) is 0.667. The maximum atomic E-state index is 12.0. The van der Waals surface area contributed by atoms with Gasteiger partial charge in [0.2, 0.25) is 0 Å². The van der Waals surface area contributed by atoms with Gasteiger partial charge in [0.25, 0.3) is 0 Å². The van der Waals surface area contributed by atoms with Crippen LogP contribution in [0.2, 0.25) is 0 Å². The van der Waals surface area contributed by atoms with Crippen LogP contribution in [0.15, 0.2) is 12.7 Å². The van der Waals surface area contributed by atoms with E-state index in [0.717, 1.165) is 6.08 Å². The molecule has 21 heavy (non-hydrogen) atoms. The lowest BCUT2D eigenvalue weighted by Gasteiger charge is -2.26. The summed E-state index contributed by atoms with van der Waals surface area (Å²) in [5, 5.41) is 0. The lowest BCUT2D eigenvalue weighted by atomic mass is 10.1. The Labute approximate surface area is 125 Å². The van der Waals surface area contributed by atoms with Gasteiger partial charge >= 0.3 is 17.9 Å². The molecule has 0 heterocycles. The van der Waals surface area contributed by atoms with Crippen LogP contribution in [0.1, 0.15) is 41.5 Å². The van der Waals surface area contributed by atoms with Crippen molar-refractivity contribution in [2.24, 2.45) is 5.92 Å². The molecule has 0 aliphatic rings. The highest BCUT2D eigenvalue weighted by atomic mass is 16.6. The van der Waals surface area contributed by atoms with Crippen molar-refractivity contribution in [3.8, 4) is 0 Å². The molecule has 0 aromatic heterocycles. The van der Waals surface area contributed by atoms with Crippen LogP contribution in [-0.4, -0.2) is 35.7 Å². The second kappa shape index (κ2) is 7.24. The topological polar surface area (TPSA) is 78.9 Å². The minimum atomic E-state index is -1.33. The molecule has 0 aromatic carbocycles. The van der Waals surface area contributed by atoms with E-state index in [1.54, 1.807) is 41.5 Å². The first-order valence-electron chi connectivity index (χ1n) is 6.60. The number of hydrogen-bond acceptors (Lipinski definition) is 6. The molecule has 0 amide bonds. The van der Waals surface area contributed by atoms with Crippen LogP contribution in [0.5, 0.6) is 0 Å². The van der Waals surface area contributed by atoms with Gasteiger partial charge in [0.05, 0.1) is 0 Å². The van der Waals surface area contributed by atoms with E-state index in [1.807, 2.05) is 0 Å². The second-order valence-corrected chi connectivity index (χ2v) is 6.45. The summed E-state index contributed by atoms with van der Waals surface area (Å²) >= 11 is 0. The van der Waals surface area contributed by atoms with Crippen molar-refractivity contribution in [3.05, 3.63) is 12.7 Å². The van der Waals surface area contributed by atoms with E-state index < -0.39 is 41.6 Å². The van der Waals surface area contributed by atoms with Crippen molar-refractivity contribution < 1.29 is 28.6 Å². The van der Waals surface area contributed by atoms with Gasteiger partial charge < -0.3 is 14.2 Å². The zero-order valence-electron chi connectivity index (χ0n) is 13.5. The summed E-state index contributed by atoms with van der Waals surface area (Å²) in [5.74, 6) is -3.65. The Morgan fingerprint density at radius 1 is 0.952 bits per heavy atom. The predicted octanol–water partition coefficient (Wildman–Crippen LogP) is 2.02. The van der Waals surface area contributed by atoms with Gasteiger partial charge in [-0.3, -0.25) is 9.59 Å².